The van der Waals surface area contributed by atoms with E-state index in [1.807, 2.05) is 18.7 Å². The van der Waals surface area contributed by atoms with Crippen molar-refractivity contribution in [2.45, 2.75) is 32.7 Å². The Kier molecular flexibility index (Phi) is 3.72. The predicted molar refractivity (Wildman–Crippen MR) is 53.6 cm³/mol. The molecule has 0 radical (unpaired) electrons. The predicted octanol–water partition coefficient (Wildman–Crippen LogP) is 0.949. The van der Waals surface area contributed by atoms with E-state index in [-0.39, 0.29) is 0 Å². The molecule has 0 saturated carbocycles. The monoisotopic (exact) mass is 184 g/mol. The third kappa shape index (κ3) is 2.21. The highest BCUT2D eigenvalue weighted by Crippen LogP contribution is 2.19. The standard InChI is InChI=1S/C8H14N2O.C2H6/c1-9-5-7(6-9)10-4-2-3-8(10)11;1-2/h7H,2-6H2,1H3;1-2H3. The number of hydrogen-bond acceptors (Lipinski definition) is 2. The molecule has 0 bridgehead atoms. The zero-order chi connectivity index (χ0) is 9.84. The normalized spacial score (nSPS) is 23.9. The van der Waals surface area contributed by atoms with Crippen molar-refractivity contribution < 1.29 is 4.79 Å². The van der Waals surface area contributed by atoms with Gasteiger partial charge < -0.3 is 9.80 Å². The number of rotatable bonds is 1. The molecule has 0 aromatic heterocycles. The first-order valence-electron chi connectivity index (χ1n) is 5.25. The number of carbonyl (C=O) groups is 1. The van der Waals surface area contributed by atoms with Crippen LogP contribution >= 0.6 is 0 Å². The summed E-state index contributed by atoms with van der Waals surface area (Å²) in [5.41, 5.74) is 0. The Morgan fingerprint density at radius 3 is 2.31 bits per heavy atom. The van der Waals surface area contributed by atoms with Gasteiger partial charge in [0.15, 0.2) is 0 Å². The highest BCUT2D eigenvalue weighted by Gasteiger charge is 2.34. The second kappa shape index (κ2) is 4.61. The Balaban J connectivity index is 0.000000396. The van der Waals surface area contributed by atoms with E-state index in [4.69, 9.17) is 0 Å². The Hall–Kier alpha value is -0.570. The van der Waals surface area contributed by atoms with Gasteiger partial charge >= 0.3 is 0 Å². The maximum atomic E-state index is 11.2. The molecule has 2 aliphatic rings. The van der Waals surface area contributed by atoms with Gasteiger partial charge in [-0.05, 0) is 13.5 Å². The lowest BCUT2D eigenvalue weighted by Crippen LogP contribution is -2.57. The molecule has 0 unspecified atom stereocenters. The number of carbonyl (C=O) groups excluding carboxylic acids is 1. The van der Waals surface area contributed by atoms with Gasteiger partial charge in [-0.3, -0.25) is 4.79 Å². The van der Waals surface area contributed by atoms with Crippen LogP contribution in [0.2, 0.25) is 0 Å². The minimum absolute atomic E-state index is 0.364. The van der Waals surface area contributed by atoms with Crippen molar-refractivity contribution in [2.24, 2.45) is 0 Å². The van der Waals surface area contributed by atoms with Gasteiger partial charge in [0, 0.05) is 26.1 Å². The molecular formula is C10H20N2O. The lowest BCUT2D eigenvalue weighted by Gasteiger charge is -2.41. The minimum atomic E-state index is 0.364. The average molecular weight is 184 g/mol. The first-order valence-corrected chi connectivity index (χ1v) is 5.25. The molecule has 0 N–H and O–H groups in total. The maximum absolute atomic E-state index is 11.2. The van der Waals surface area contributed by atoms with E-state index >= 15 is 0 Å². The summed E-state index contributed by atoms with van der Waals surface area (Å²) in [6.07, 6.45) is 1.85. The van der Waals surface area contributed by atoms with Crippen molar-refractivity contribution in [1.82, 2.24) is 9.80 Å². The summed E-state index contributed by atoms with van der Waals surface area (Å²) in [6.45, 7) is 7.15. The molecule has 0 aromatic carbocycles. The van der Waals surface area contributed by atoms with E-state index in [1.165, 1.54) is 0 Å². The fourth-order valence-electron chi connectivity index (χ4n) is 1.92. The molecule has 2 heterocycles. The molecule has 0 aromatic rings. The van der Waals surface area contributed by atoms with Gasteiger partial charge in [-0.15, -0.1) is 0 Å². The van der Waals surface area contributed by atoms with Crippen LogP contribution in [0.3, 0.4) is 0 Å². The van der Waals surface area contributed by atoms with Gasteiger partial charge in [0.2, 0.25) is 5.91 Å². The van der Waals surface area contributed by atoms with Crippen molar-refractivity contribution in [3.8, 4) is 0 Å². The summed E-state index contributed by atoms with van der Waals surface area (Å²) in [4.78, 5) is 15.5. The van der Waals surface area contributed by atoms with Crippen molar-refractivity contribution in [2.75, 3.05) is 26.7 Å². The average Bonchev–Trinajstić information content (AvgIpc) is 2.50. The van der Waals surface area contributed by atoms with E-state index in [1.54, 1.807) is 0 Å². The molecule has 76 valence electrons. The zero-order valence-electron chi connectivity index (χ0n) is 8.92. The van der Waals surface area contributed by atoms with Crippen LogP contribution in [0, 0.1) is 0 Å². The van der Waals surface area contributed by atoms with Crippen molar-refractivity contribution >= 4 is 5.91 Å². The number of nitrogens with zero attached hydrogens (tertiary/aromatic N) is 2. The lowest BCUT2D eigenvalue weighted by atomic mass is 10.1. The number of amides is 1. The molecule has 2 fully saturated rings. The minimum Gasteiger partial charge on any atom is -0.337 e. The fraction of sp³-hybridized carbons (Fsp3) is 0.900. The summed E-state index contributed by atoms with van der Waals surface area (Å²) in [5.74, 6) is 0.364. The van der Waals surface area contributed by atoms with Crippen LogP contribution < -0.4 is 0 Å². The Morgan fingerprint density at radius 2 is 1.92 bits per heavy atom. The number of hydrogen-bond donors (Lipinski definition) is 0. The van der Waals surface area contributed by atoms with Crippen LogP contribution in [0.1, 0.15) is 26.7 Å². The third-order valence-electron chi connectivity index (χ3n) is 2.60. The van der Waals surface area contributed by atoms with Crippen LogP contribution in [0.25, 0.3) is 0 Å². The number of likely N-dealkylation sites (tertiary alicyclic amines) is 2. The van der Waals surface area contributed by atoms with Crippen molar-refractivity contribution in [3.05, 3.63) is 0 Å². The van der Waals surface area contributed by atoms with Crippen molar-refractivity contribution in [1.29, 1.82) is 0 Å². The third-order valence-corrected chi connectivity index (χ3v) is 2.60. The quantitative estimate of drug-likeness (QED) is 0.606. The molecule has 2 aliphatic heterocycles. The van der Waals surface area contributed by atoms with E-state index in [9.17, 15) is 4.79 Å². The Labute approximate surface area is 80.7 Å². The van der Waals surface area contributed by atoms with E-state index in [0.29, 0.717) is 11.9 Å². The number of likely N-dealkylation sites (N-methyl/N-ethyl adjacent to an activating group) is 1. The van der Waals surface area contributed by atoms with Crippen LogP contribution in [0.5, 0.6) is 0 Å². The molecule has 2 saturated heterocycles. The molecular weight excluding hydrogens is 164 g/mol. The van der Waals surface area contributed by atoms with Crippen LogP contribution in [0.15, 0.2) is 0 Å². The molecule has 0 aliphatic carbocycles. The zero-order valence-corrected chi connectivity index (χ0v) is 8.92. The maximum Gasteiger partial charge on any atom is 0.222 e. The van der Waals surface area contributed by atoms with Gasteiger partial charge in [0.25, 0.3) is 0 Å². The van der Waals surface area contributed by atoms with Crippen LogP contribution in [-0.4, -0.2) is 48.4 Å². The molecule has 13 heavy (non-hydrogen) atoms. The molecule has 0 spiro atoms. The highest BCUT2D eigenvalue weighted by atomic mass is 16.2. The smallest absolute Gasteiger partial charge is 0.222 e. The summed E-state index contributed by atoms with van der Waals surface area (Å²) in [6, 6.07) is 0.537. The van der Waals surface area contributed by atoms with Crippen LogP contribution in [0.4, 0.5) is 0 Å². The first kappa shape index (κ1) is 10.5. The molecule has 3 heteroatoms. The van der Waals surface area contributed by atoms with Crippen LogP contribution in [-0.2, 0) is 4.79 Å². The topological polar surface area (TPSA) is 23.6 Å². The van der Waals surface area contributed by atoms with Gasteiger partial charge in [-0.2, -0.15) is 0 Å². The van der Waals surface area contributed by atoms with Gasteiger partial charge in [-0.25, -0.2) is 0 Å². The van der Waals surface area contributed by atoms with Gasteiger partial charge in [0.1, 0.15) is 0 Å². The van der Waals surface area contributed by atoms with Crippen molar-refractivity contribution in [3.63, 3.8) is 0 Å². The molecule has 0 atom stereocenters. The molecule has 3 nitrogen and oxygen atoms in total. The van der Waals surface area contributed by atoms with E-state index < -0.39 is 0 Å². The largest absolute Gasteiger partial charge is 0.337 e. The molecule has 2 rings (SSSR count). The second-order valence-corrected chi connectivity index (χ2v) is 3.57. The summed E-state index contributed by atoms with van der Waals surface area (Å²) >= 11 is 0. The Bertz CT molecular complexity index is 176. The Morgan fingerprint density at radius 1 is 1.31 bits per heavy atom. The van der Waals surface area contributed by atoms with Gasteiger partial charge in [-0.1, -0.05) is 13.8 Å². The van der Waals surface area contributed by atoms with E-state index in [0.717, 1.165) is 32.5 Å². The first-order chi connectivity index (χ1) is 6.27. The summed E-state index contributed by atoms with van der Waals surface area (Å²) in [7, 11) is 2.09. The fourth-order valence-corrected chi connectivity index (χ4v) is 1.92. The second-order valence-electron chi connectivity index (χ2n) is 3.57. The lowest BCUT2D eigenvalue weighted by molar-refractivity contribution is -0.132. The van der Waals surface area contributed by atoms with E-state index in [2.05, 4.69) is 11.9 Å². The SMILES string of the molecule is CC.CN1CC(N2CCCC2=O)C1. The molecule has 1 amide bonds. The summed E-state index contributed by atoms with van der Waals surface area (Å²) < 4.78 is 0. The summed E-state index contributed by atoms with van der Waals surface area (Å²) in [5, 5.41) is 0. The highest BCUT2D eigenvalue weighted by molar-refractivity contribution is 5.78. The van der Waals surface area contributed by atoms with Gasteiger partial charge in [0.05, 0.1) is 6.04 Å².